The molecule has 1 aliphatic rings. The van der Waals surface area contributed by atoms with Crippen LogP contribution in [0.1, 0.15) is 29.9 Å². The second kappa shape index (κ2) is 5.17. The fourth-order valence-corrected chi connectivity index (χ4v) is 2.71. The summed E-state index contributed by atoms with van der Waals surface area (Å²) >= 11 is 6.31. The third-order valence-corrected chi connectivity index (χ3v) is 3.79. The van der Waals surface area contributed by atoms with Crippen LogP contribution in [0.2, 0.25) is 5.02 Å². The van der Waals surface area contributed by atoms with Crippen molar-refractivity contribution in [3.05, 3.63) is 34.3 Å². The second-order valence-corrected chi connectivity index (χ2v) is 5.04. The number of hydrogen-bond donors (Lipinski definition) is 1. The van der Waals surface area contributed by atoms with E-state index in [0.29, 0.717) is 12.5 Å². The van der Waals surface area contributed by atoms with E-state index in [0.717, 1.165) is 10.6 Å². The minimum Gasteiger partial charge on any atom is -0.326 e. The summed E-state index contributed by atoms with van der Waals surface area (Å²) in [6, 6.07) is 6.26. The van der Waals surface area contributed by atoms with Crippen molar-refractivity contribution in [2.75, 3.05) is 20.1 Å². The Kier molecular flexibility index (Phi) is 3.85. The summed E-state index contributed by atoms with van der Waals surface area (Å²) in [5, 5.41) is 0.887. The fourth-order valence-electron chi connectivity index (χ4n) is 2.35. The first-order chi connectivity index (χ1) is 7.70. The van der Waals surface area contributed by atoms with E-state index in [1.54, 1.807) is 0 Å². The molecule has 0 amide bonds. The Labute approximate surface area is 102 Å². The first-order valence-electron chi connectivity index (χ1n) is 5.87. The van der Waals surface area contributed by atoms with E-state index in [-0.39, 0.29) is 0 Å². The third kappa shape index (κ3) is 2.57. The molecule has 1 saturated heterocycles. The number of nitrogens with two attached hydrogens (primary N) is 1. The van der Waals surface area contributed by atoms with E-state index in [4.69, 9.17) is 17.3 Å². The van der Waals surface area contributed by atoms with E-state index < -0.39 is 0 Å². The molecule has 0 aromatic heterocycles. The number of halogens is 1. The Morgan fingerprint density at radius 2 is 2.06 bits per heavy atom. The number of hydrogen-bond acceptors (Lipinski definition) is 2. The molecule has 0 atom stereocenters. The first-order valence-corrected chi connectivity index (χ1v) is 6.25. The lowest BCUT2D eigenvalue weighted by molar-refractivity contribution is 0.255. The van der Waals surface area contributed by atoms with Gasteiger partial charge in [-0.3, -0.25) is 0 Å². The average Bonchev–Trinajstić information content (AvgIpc) is 2.30. The maximum absolute atomic E-state index is 6.31. The molecule has 0 saturated carbocycles. The maximum Gasteiger partial charge on any atom is 0.0444 e. The third-order valence-electron chi connectivity index (χ3n) is 3.46. The van der Waals surface area contributed by atoms with Gasteiger partial charge in [0.15, 0.2) is 0 Å². The Balaban J connectivity index is 2.14. The van der Waals surface area contributed by atoms with Crippen molar-refractivity contribution >= 4 is 11.6 Å². The van der Waals surface area contributed by atoms with Crippen LogP contribution in [-0.4, -0.2) is 25.0 Å². The molecule has 0 unspecified atom stereocenters. The summed E-state index contributed by atoms with van der Waals surface area (Å²) in [6.07, 6.45) is 2.41. The molecule has 3 heteroatoms. The summed E-state index contributed by atoms with van der Waals surface area (Å²) in [5.41, 5.74) is 8.01. The van der Waals surface area contributed by atoms with Crippen LogP contribution in [0.5, 0.6) is 0 Å². The number of benzene rings is 1. The minimum atomic E-state index is 0.563. The first kappa shape index (κ1) is 11.9. The second-order valence-electron chi connectivity index (χ2n) is 4.64. The van der Waals surface area contributed by atoms with Crippen LogP contribution in [0.4, 0.5) is 0 Å². The molecular formula is C13H19ClN2. The van der Waals surface area contributed by atoms with Crippen molar-refractivity contribution in [2.45, 2.75) is 25.3 Å². The molecule has 0 aliphatic carbocycles. The topological polar surface area (TPSA) is 29.3 Å². The predicted octanol–water partition coefficient (Wildman–Crippen LogP) is 2.61. The number of nitrogens with zero attached hydrogens (tertiary/aromatic N) is 1. The van der Waals surface area contributed by atoms with Crippen molar-refractivity contribution in [2.24, 2.45) is 5.73 Å². The van der Waals surface area contributed by atoms with Crippen molar-refractivity contribution in [3.63, 3.8) is 0 Å². The Bertz CT molecular complexity index is 357. The van der Waals surface area contributed by atoms with Gasteiger partial charge in [0.1, 0.15) is 0 Å². The lowest BCUT2D eigenvalue weighted by Crippen LogP contribution is -2.29. The summed E-state index contributed by atoms with van der Waals surface area (Å²) < 4.78 is 0. The normalized spacial score (nSPS) is 18.9. The molecule has 2 N–H and O–H groups in total. The highest BCUT2D eigenvalue weighted by Gasteiger charge is 2.20. The van der Waals surface area contributed by atoms with Gasteiger partial charge >= 0.3 is 0 Å². The molecule has 1 heterocycles. The monoisotopic (exact) mass is 238 g/mol. The zero-order valence-electron chi connectivity index (χ0n) is 9.75. The summed E-state index contributed by atoms with van der Waals surface area (Å²) in [4.78, 5) is 2.37. The average molecular weight is 239 g/mol. The molecule has 0 spiro atoms. The molecule has 1 aromatic rings. The van der Waals surface area contributed by atoms with Crippen LogP contribution in [0, 0.1) is 0 Å². The maximum atomic E-state index is 6.31. The van der Waals surface area contributed by atoms with E-state index in [9.17, 15) is 0 Å². The Morgan fingerprint density at radius 3 is 2.62 bits per heavy atom. The van der Waals surface area contributed by atoms with Crippen molar-refractivity contribution in [3.8, 4) is 0 Å². The van der Waals surface area contributed by atoms with Crippen molar-refractivity contribution in [1.29, 1.82) is 0 Å². The molecule has 1 aliphatic heterocycles. The van der Waals surface area contributed by atoms with Crippen LogP contribution in [-0.2, 0) is 6.54 Å². The minimum absolute atomic E-state index is 0.563. The lowest BCUT2D eigenvalue weighted by atomic mass is 9.89. The molecule has 0 bridgehead atoms. The molecule has 2 nitrogen and oxygen atoms in total. The molecular weight excluding hydrogens is 220 g/mol. The predicted molar refractivity (Wildman–Crippen MR) is 68.8 cm³/mol. The van der Waals surface area contributed by atoms with Crippen LogP contribution in [0.15, 0.2) is 18.2 Å². The molecule has 88 valence electrons. The number of piperidine rings is 1. The van der Waals surface area contributed by atoms with Gasteiger partial charge in [0.25, 0.3) is 0 Å². The highest BCUT2D eigenvalue weighted by atomic mass is 35.5. The molecule has 16 heavy (non-hydrogen) atoms. The molecule has 0 radical (unpaired) electrons. The van der Waals surface area contributed by atoms with Gasteiger partial charge in [-0.25, -0.2) is 0 Å². The Hall–Kier alpha value is -0.570. The van der Waals surface area contributed by atoms with Crippen LogP contribution >= 0.6 is 11.6 Å². The van der Waals surface area contributed by atoms with Crippen molar-refractivity contribution < 1.29 is 0 Å². The Morgan fingerprint density at radius 1 is 1.38 bits per heavy atom. The van der Waals surface area contributed by atoms with Gasteiger partial charge in [-0.2, -0.15) is 0 Å². The van der Waals surface area contributed by atoms with Crippen LogP contribution in [0.25, 0.3) is 0 Å². The highest BCUT2D eigenvalue weighted by Crippen LogP contribution is 2.32. The zero-order chi connectivity index (χ0) is 11.5. The highest BCUT2D eigenvalue weighted by molar-refractivity contribution is 6.31. The molecule has 1 aromatic carbocycles. The van der Waals surface area contributed by atoms with Crippen LogP contribution in [0.3, 0.4) is 0 Å². The molecule has 2 rings (SSSR count). The van der Waals surface area contributed by atoms with Gasteiger partial charge in [-0.15, -0.1) is 0 Å². The fraction of sp³-hybridized carbons (Fsp3) is 0.538. The van der Waals surface area contributed by atoms with Crippen LogP contribution < -0.4 is 5.73 Å². The SMILES string of the molecule is CN1CCC(c2ccc(CN)cc2Cl)CC1. The number of rotatable bonds is 2. The summed E-state index contributed by atoms with van der Waals surface area (Å²) in [5.74, 6) is 0.621. The van der Waals surface area contributed by atoms with E-state index in [2.05, 4.69) is 24.1 Å². The van der Waals surface area contributed by atoms with Gasteiger partial charge in [-0.1, -0.05) is 23.7 Å². The smallest absolute Gasteiger partial charge is 0.0444 e. The lowest BCUT2D eigenvalue weighted by Gasteiger charge is -2.29. The van der Waals surface area contributed by atoms with Gasteiger partial charge < -0.3 is 10.6 Å². The summed E-state index contributed by atoms with van der Waals surface area (Å²) in [6.45, 7) is 2.90. The quantitative estimate of drug-likeness (QED) is 0.858. The van der Waals surface area contributed by atoms with Crippen molar-refractivity contribution in [1.82, 2.24) is 4.90 Å². The zero-order valence-corrected chi connectivity index (χ0v) is 10.5. The molecule has 1 fully saturated rings. The van der Waals surface area contributed by atoms with Gasteiger partial charge in [0.05, 0.1) is 0 Å². The number of likely N-dealkylation sites (tertiary alicyclic amines) is 1. The van der Waals surface area contributed by atoms with E-state index in [1.807, 2.05) is 6.07 Å². The van der Waals surface area contributed by atoms with Gasteiger partial charge in [-0.05, 0) is 56.1 Å². The summed E-state index contributed by atoms with van der Waals surface area (Å²) in [7, 11) is 2.18. The van der Waals surface area contributed by atoms with E-state index >= 15 is 0 Å². The van der Waals surface area contributed by atoms with Gasteiger partial charge in [0, 0.05) is 11.6 Å². The largest absolute Gasteiger partial charge is 0.326 e. The standard InChI is InChI=1S/C13H19ClN2/c1-16-6-4-11(5-7-16)12-3-2-10(9-15)8-13(12)14/h2-3,8,11H,4-7,9,15H2,1H3. The van der Waals surface area contributed by atoms with E-state index in [1.165, 1.54) is 31.5 Å². The van der Waals surface area contributed by atoms with Gasteiger partial charge in [0.2, 0.25) is 0 Å².